The van der Waals surface area contributed by atoms with Crippen molar-refractivity contribution in [1.82, 2.24) is 9.97 Å². The number of aryl methyl sites for hydroxylation is 1. The van der Waals surface area contributed by atoms with Crippen molar-refractivity contribution in [3.8, 4) is 0 Å². The minimum Gasteiger partial charge on any atom is -0.363 e. The van der Waals surface area contributed by atoms with Crippen molar-refractivity contribution in [3.63, 3.8) is 0 Å². The Morgan fingerprint density at radius 3 is 1.88 bits per heavy atom. The van der Waals surface area contributed by atoms with Gasteiger partial charge in [-0.25, -0.2) is 4.98 Å². The highest BCUT2D eigenvalue weighted by Crippen LogP contribution is 2.27. The Kier molecular flexibility index (Phi) is 6.64. The van der Waals surface area contributed by atoms with Crippen LogP contribution in [0.15, 0.2) is 91.0 Å². The number of anilines is 4. The maximum Gasteiger partial charge on any atom is 0.236 e. The molecule has 166 valence electrons. The van der Waals surface area contributed by atoms with E-state index in [2.05, 4.69) is 20.6 Å². The van der Waals surface area contributed by atoms with E-state index < -0.39 is 5.92 Å². The van der Waals surface area contributed by atoms with Crippen molar-refractivity contribution < 1.29 is 4.79 Å². The van der Waals surface area contributed by atoms with Gasteiger partial charge in [0.25, 0.3) is 0 Å². The van der Waals surface area contributed by atoms with Crippen LogP contribution in [0.5, 0.6) is 0 Å². The van der Waals surface area contributed by atoms with Crippen LogP contribution in [0.4, 0.5) is 23.1 Å². The number of nitrogens with one attached hydrogen (secondary N) is 2. The summed E-state index contributed by atoms with van der Waals surface area (Å²) < 4.78 is 0. The standard InChI is InChI=1S/C27H27N5O/c1-19-18-24(32(2)3)31-27(28-19)30-23-16-14-22(15-17-23)29-26(33)25(20-10-6-4-7-11-20)21-12-8-5-9-13-21/h4-18,25H,1-3H3,(H,29,33)(H,28,30,31). The average molecular weight is 438 g/mol. The van der Waals surface area contributed by atoms with Gasteiger partial charge in [-0.05, 0) is 42.3 Å². The van der Waals surface area contributed by atoms with E-state index in [0.717, 1.165) is 34.0 Å². The molecule has 33 heavy (non-hydrogen) atoms. The smallest absolute Gasteiger partial charge is 0.236 e. The summed E-state index contributed by atoms with van der Waals surface area (Å²) in [5.41, 5.74) is 4.35. The van der Waals surface area contributed by atoms with E-state index in [1.807, 2.05) is 117 Å². The van der Waals surface area contributed by atoms with E-state index in [9.17, 15) is 4.79 Å². The number of carbonyl (C=O) groups is 1. The molecule has 4 rings (SSSR count). The molecular formula is C27H27N5O. The fourth-order valence-electron chi connectivity index (χ4n) is 3.60. The van der Waals surface area contributed by atoms with Gasteiger partial charge < -0.3 is 15.5 Å². The summed E-state index contributed by atoms with van der Waals surface area (Å²) in [6.45, 7) is 1.94. The molecule has 4 aromatic rings. The van der Waals surface area contributed by atoms with Crippen molar-refractivity contribution in [3.05, 3.63) is 108 Å². The highest BCUT2D eigenvalue weighted by atomic mass is 16.1. The van der Waals surface area contributed by atoms with Crippen LogP contribution in [0.25, 0.3) is 0 Å². The number of carbonyl (C=O) groups excluding carboxylic acids is 1. The lowest BCUT2D eigenvalue weighted by molar-refractivity contribution is -0.116. The van der Waals surface area contributed by atoms with Crippen LogP contribution in [-0.4, -0.2) is 30.0 Å². The first-order valence-corrected chi connectivity index (χ1v) is 10.8. The largest absolute Gasteiger partial charge is 0.363 e. The van der Waals surface area contributed by atoms with Crippen molar-refractivity contribution in [1.29, 1.82) is 0 Å². The van der Waals surface area contributed by atoms with Gasteiger partial charge in [0, 0.05) is 37.2 Å². The molecule has 1 amide bonds. The Bertz CT molecular complexity index is 1170. The van der Waals surface area contributed by atoms with E-state index >= 15 is 0 Å². The Morgan fingerprint density at radius 2 is 1.33 bits per heavy atom. The fraction of sp³-hybridized carbons (Fsp3) is 0.148. The normalized spacial score (nSPS) is 10.7. The number of benzene rings is 3. The predicted octanol–water partition coefficient (Wildman–Crippen LogP) is 5.37. The average Bonchev–Trinajstić information content (AvgIpc) is 2.81. The molecule has 6 nitrogen and oxygen atoms in total. The van der Waals surface area contributed by atoms with Gasteiger partial charge in [0.15, 0.2) is 0 Å². The lowest BCUT2D eigenvalue weighted by atomic mass is 9.90. The van der Waals surface area contributed by atoms with Crippen LogP contribution in [0.2, 0.25) is 0 Å². The molecule has 0 atom stereocenters. The molecule has 0 aliphatic rings. The third-order valence-corrected chi connectivity index (χ3v) is 5.24. The summed E-state index contributed by atoms with van der Waals surface area (Å²) in [6.07, 6.45) is 0. The van der Waals surface area contributed by atoms with Crippen LogP contribution in [0, 0.1) is 6.92 Å². The fourth-order valence-corrected chi connectivity index (χ4v) is 3.60. The molecule has 0 unspecified atom stereocenters. The van der Waals surface area contributed by atoms with Crippen LogP contribution in [-0.2, 0) is 4.79 Å². The molecule has 0 spiro atoms. The second-order valence-electron chi connectivity index (χ2n) is 8.03. The van der Waals surface area contributed by atoms with Crippen LogP contribution in [0.1, 0.15) is 22.7 Å². The molecule has 0 saturated carbocycles. The second-order valence-corrected chi connectivity index (χ2v) is 8.03. The third kappa shape index (κ3) is 5.54. The Hall–Kier alpha value is -4.19. The highest BCUT2D eigenvalue weighted by molar-refractivity contribution is 5.98. The van der Waals surface area contributed by atoms with E-state index in [4.69, 9.17) is 0 Å². The summed E-state index contributed by atoms with van der Waals surface area (Å²) in [4.78, 5) is 24.2. The molecule has 6 heteroatoms. The Balaban J connectivity index is 1.50. The van der Waals surface area contributed by atoms with Gasteiger partial charge in [-0.3, -0.25) is 4.79 Å². The molecule has 0 saturated heterocycles. The van der Waals surface area contributed by atoms with Crippen LogP contribution < -0.4 is 15.5 Å². The van der Waals surface area contributed by atoms with E-state index in [0.29, 0.717) is 5.95 Å². The van der Waals surface area contributed by atoms with Gasteiger partial charge in [0.05, 0.1) is 5.92 Å². The van der Waals surface area contributed by atoms with Crippen molar-refractivity contribution in [2.24, 2.45) is 0 Å². The van der Waals surface area contributed by atoms with Gasteiger partial charge in [-0.15, -0.1) is 0 Å². The maximum atomic E-state index is 13.3. The van der Waals surface area contributed by atoms with E-state index in [1.54, 1.807) is 0 Å². The molecule has 2 N–H and O–H groups in total. The monoisotopic (exact) mass is 437 g/mol. The number of aromatic nitrogens is 2. The molecule has 0 fully saturated rings. The molecule has 1 heterocycles. The Labute approximate surface area is 194 Å². The summed E-state index contributed by atoms with van der Waals surface area (Å²) in [7, 11) is 3.89. The molecule has 0 bridgehead atoms. The zero-order chi connectivity index (χ0) is 23.2. The minimum absolute atomic E-state index is 0.0780. The molecule has 3 aromatic carbocycles. The lowest BCUT2D eigenvalue weighted by Gasteiger charge is -2.18. The first-order valence-electron chi connectivity index (χ1n) is 10.8. The predicted molar refractivity (Wildman–Crippen MR) is 134 cm³/mol. The maximum absolute atomic E-state index is 13.3. The number of nitrogens with zero attached hydrogens (tertiary/aromatic N) is 3. The summed E-state index contributed by atoms with van der Waals surface area (Å²) in [5, 5.41) is 6.29. The molecule has 0 aliphatic carbocycles. The topological polar surface area (TPSA) is 70.2 Å². The minimum atomic E-state index is -0.393. The third-order valence-electron chi connectivity index (χ3n) is 5.24. The van der Waals surface area contributed by atoms with Gasteiger partial charge in [-0.2, -0.15) is 4.98 Å². The molecule has 0 aliphatic heterocycles. The van der Waals surface area contributed by atoms with Crippen molar-refractivity contribution >= 4 is 29.0 Å². The van der Waals surface area contributed by atoms with Crippen molar-refractivity contribution in [2.45, 2.75) is 12.8 Å². The van der Waals surface area contributed by atoms with Crippen LogP contribution in [0.3, 0.4) is 0 Å². The lowest BCUT2D eigenvalue weighted by Crippen LogP contribution is -2.22. The van der Waals surface area contributed by atoms with Gasteiger partial charge in [0.1, 0.15) is 5.82 Å². The Morgan fingerprint density at radius 1 is 0.788 bits per heavy atom. The van der Waals surface area contributed by atoms with Gasteiger partial charge >= 0.3 is 0 Å². The molecule has 1 aromatic heterocycles. The SMILES string of the molecule is Cc1cc(N(C)C)nc(Nc2ccc(NC(=O)C(c3ccccc3)c3ccccc3)cc2)n1. The zero-order valence-corrected chi connectivity index (χ0v) is 19.0. The van der Waals surface area contributed by atoms with Gasteiger partial charge in [0.2, 0.25) is 11.9 Å². The highest BCUT2D eigenvalue weighted by Gasteiger charge is 2.22. The van der Waals surface area contributed by atoms with E-state index in [-0.39, 0.29) is 5.91 Å². The summed E-state index contributed by atoms with van der Waals surface area (Å²) in [6, 6.07) is 29.1. The second kappa shape index (κ2) is 9.96. The van der Waals surface area contributed by atoms with Gasteiger partial charge in [-0.1, -0.05) is 60.7 Å². The zero-order valence-electron chi connectivity index (χ0n) is 19.0. The first-order chi connectivity index (χ1) is 16.0. The molecular weight excluding hydrogens is 410 g/mol. The number of amides is 1. The quantitative estimate of drug-likeness (QED) is 0.407. The summed E-state index contributed by atoms with van der Waals surface area (Å²) >= 11 is 0. The number of hydrogen-bond donors (Lipinski definition) is 2. The van der Waals surface area contributed by atoms with E-state index in [1.165, 1.54) is 0 Å². The first kappa shape index (κ1) is 22.0. The van der Waals surface area contributed by atoms with Crippen LogP contribution >= 0.6 is 0 Å². The summed E-state index contributed by atoms with van der Waals surface area (Å²) in [5.74, 6) is 0.895. The molecule has 0 radical (unpaired) electrons. The number of rotatable bonds is 7. The van der Waals surface area contributed by atoms with Crippen molar-refractivity contribution in [2.75, 3.05) is 29.6 Å². The number of hydrogen-bond acceptors (Lipinski definition) is 5.